The zero-order valence-corrected chi connectivity index (χ0v) is 22.5. The van der Waals surface area contributed by atoms with E-state index in [0.717, 1.165) is 27.4 Å². The Morgan fingerprint density at radius 3 is 2.28 bits per heavy atom. The standard InChI is InChI=1S/C29H33NO5S/c1-16(2)35-29(32)26-17(3)30-22-13-20(19-9-12-24(33-4)25(15-19)34-5)14-23(31)28(22)27(26)18-7-10-21(36-6)11-8-18/h7-12,15-16,20,27,30H,13-14H2,1-6H3/t20-,27-/m1/s1. The molecule has 1 aliphatic carbocycles. The molecule has 0 bridgehead atoms. The van der Waals surface area contributed by atoms with Crippen molar-refractivity contribution in [3.8, 4) is 11.5 Å². The van der Waals surface area contributed by atoms with E-state index in [2.05, 4.69) is 5.32 Å². The predicted molar refractivity (Wildman–Crippen MR) is 142 cm³/mol. The zero-order chi connectivity index (χ0) is 26.0. The third kappa shape index (κ3) is 5.03. The van der Waals surface area contributed by atoms with Gasteiger partial charge >= 0.3 is 5.97 Å². The van der Waals surface area contributed by atoms with E-state index in [1.54, 1.807) is 26.0 Å². The monoisotopic (exact) mass is 507 g/mol. The Morgan fingerprint density at radius 2 is 1.67 bits per heavy atom. The van der Waals surface area contributed by atoms with Gasteiger partial charge in [-0.1, -0.05) is 18.2 Å². The number of hydrogen-bond donors (Lipinski definition) is 1. The Hall–Kier alpha value is -3.19. The molecule has 0 radical (unpaired) electrons. The average molecular weight is 508 g/mol. The summed E-state index contributed by atoms with van der Waals surface area (Å²) in [5.74, 6) is 0.447. The lowest BCUT2D eigenvalue weighted by molar-refractivity contribution is -0.143. The summed E-state index contributed by atoms with van der Waals surface area (Å²) in [5, 5.41) is 3.40. The fourth-order valence-electron chi connectivity index (χ4n) is 5.06. The normalized spacial score (nSPS) is 19.7. The van der Waals surface area contributed by atoms with Gasteiger partial charge in [0.15, 0.2) is 17.3 Å². The SMILES string of the molecule is COc1ccc([C@H]2CC(=O)C3=C(C2)NC(C)=C(C(=O)OC(C)C)[C@H]3c2ccc(SC)cc2)cc1OC. The molecule has 0 fully saturated rings. The maximum Gasteiger partial charge on any atom is 0.337 e. The summed E-state index contributed by atoms with van der Waals surface area (Å²) in [6.07, 6.45) is 2.76. The van der Waals surface area contributed by atoms with Crippen LogP contribution in [0, 0.1) is 0 Å². The van der Waals surface area contributed by atoms with Crippen molar-refractivity contribution in [2.75, 3.05) is 20.5 Å². The van der Waals surface area contributed by atoms with Gasteiger partial charge in [-0.2, -0.15) is 0 Å². The van der Waals surface area contributed by atoms with Crippen molar-refractivity contribution < 1.29 is 23.8 Å². The van der Waals surface area contributed by atoms with Crippen molar-refractivity contribution in [1.82, 2.24) is 5.32 Å². The van der Waals surface area contributed by atoms with Crippen LogP contribution in [0.3, 0.4) is 0 Å². The van der Waals surface area contributed by atoms with Crippen molar-refractivity contribution in [2.45, 2.75) is 56.4 Å². The molecule has 6 nitrogen and oxygen atoms in total. The van der Waals surface area contributed by atoms with Crippen LogP contribution in [-0.2, 0) is 14.3 Å². The van der Waals surface area contributed by atoms with Crippen LogP contribution in [0.15, 0.2) is 69.9 Å². The molecule has 0 spiro atoms. The minimum atomic E-state index is -0.470. The highest BCUT2D eigenvalue weighted by Crippen LogP contribution is 2.46. The topological polar surface area (TPSA) is 73.9 Å². The van der Waals surface area contributed by atoms with Crippen molar-refractivity contribution in [3.63, 3.8) is 0 Å². The van der Waals surface area contributed by atoms with E-state index >= 15 is 0 Å². The van der Waals surface area contributed by atoms with E-state index < -0.39 is 11.9 Å². The maximum absolute atomic E-state index is 13.8. The molecule has 0 saturated heterocycles. The number of ketones is 1. The zero-order valence-electron chi connectivity index (χ0n) is 21.6. The van der Waals surface area contributed by atoms with Gasteiger partial charge in [0.2, 0.25) is 0 Å². The van der Waals surface area contributed by atoms with Crippen molar-refractivity contribution >= 4 is 23.5 Å². The number of rotatable bonds is 7. The number of benzene rings is 2. The number of Topliss-reactive ketones (excluding diaryl/α,β-unsaturated/α-hetero) is 1. The molecule has 36 heavy (non-hydrogen) atoms. The van der Waals surface area contributed by atoms with Crippen molar-refractivity contribution in [2.24, 2.45) is 0 Å². The Morgan fingerprint density at radius 1 is 1.00 bits per heavy atom. The molecular weight excluding hydrogens is 474 g/mol. The number of methoxy groups -OCH3 is 2. The summed E-state index contributed by atoms with van der Waals surface area (Å²) < 4.78 is 16.5. The van der Waals surface area contributed by atoms with Gasteiger partial charge in [0.1, 0.15) is 0 Å². The highest BCUT2D eigenvalue weighted by Gasteiger charge is 2.41. The minimum absolute atomic E-state index is 0.0139. The Kier molecular flexibility index (Phi) is 7.79. The van der Waals surface area contributed by atoms with Gasteiger partial charge in [-0.05, 0) is 74.8 Å². The molecule has 1 N–H and O–H groups in total. The number of dihydropyridines is 1. The molecule has 0 unspecified atom stereocenters. The Balaban J connectivity index is 1.77. The van der Waals surface area contributed by atoms with Crippen LogP contribution in [0.1, 0.15) is 56.6 Å². The van der Waals surface area contributed by atoms with E-state index in [1.165, 1.54) is 0 Å². The van der Waals surface area contributed by atoms with Crippen LogP contribution in [0.2, 0.25) is 0 Å². The van der Waals surface area contributed by atoms with E-state index in [0.29, 0.717) is 35.5 Å². The van der Waals surface area contributed by atoms with Gasteiger partial charge in [0, 0.05) is 34.2 Å². The first-order chi connectivity index (χ1) is 17.3. The molecule has 0 aromatic heterocycles. The lowest BCUT2D eigenvalue weighted by atomic mass is 9.71. The molecule has 2 aromatic rings. The van der Waals surface area contributed by atoms with E-state index in [-0.39, 0.29) is 17.8 Å². The second-order valence-electron chi connectivity index (χ2n) is 9.36. The highest BCUT2D eigenvalue weighted by molar-refractivity contribution is 7.98. The number of carbonyl (C=O) groups excluding carboxylic acids is 2. The van der Waals surface area contributed by atoms with Crippen LogP contribution < -0.4 is 14.8 Å². The number of hydrogen-bond acceptors (Lipinski definition) is 7. The molecule has 0 saturated carbocycles. The first-order valence-corrected chi connectivity index (χ1v) is 13.3. The van der Waals surface area contributed by atoms with E-state index in [4.69, 9.17) is 14.2 Å². The molecule has 190 valence electrons. The number of thioether (sulfide) groups is 1. The Labute approximate surface area is 217 Å². The lowest BCUT2D eigenvalue weighted by Gasteiger charge is -2.37. The van der Waals surface area contributed by atoms with Crippen LogP contribution >= 0.6 is 11.8 Å². The third-order valence-corrected chi connectivity index (χ3v) is 7.46. The van der Waals surface area contributed by atoms with E-state index in [1.807, 2.05) is 69.5 Å². The summed E-state index contributed by atoms with van der Waals surface area (Å²) >= 11 is 1.65. The number of nitrogens with one attached hydrogen (secondary N) is 1. The molecule has 1 aliphatic heterocycles. The van der Waals surface area contributed by atoms with Gasteiger partial charge in [0.25, 0.3) is 0 Å². The number of allylic oxidation sites excluding steroid dienone is 3. The Bertz CT molecular complexity index is 1230. The summed E-state index contributed by atoms with van der Waals surface area (Å²) in [5.41, 5.74) is 4.67. The summed E-state index contributed by atoms with van der Waals surface area (Å²) in [6.45, 7) is 5.54. The fourth-order valence-corrected chi connectivity index (χ4v) is 5.47. The smallest absolute Gasteiger partial charge is 0.337 e. The van der Waals surface area contributed by atoms with Gasteiger partial charge in [-0.3, -0.25) is 4.79 Å². The van der Waals surface area contributed by atoms with E-state index in [9.17, 15) is 9.59 Å². The van der Waals surface area contributed by atoms with Crippen LogP contribution in [-0.4, -0.2) is 38.3 Å². The van der Waals surface area contributed by atoms with Gasteiger partial charge in [0.05, 0.1) is 25.9 Å². The van der Waals surface area contributed by atoms with Gasteiger partial charge in [-0.25, -0.2) is 4.79 Å². The fraction of sp³-hybridized carbons (Fsp3) is 0.379. The van der Waals surface area contributed by atoms with Crippen molar-refractivity contribution in [1.29, 1.82) is 0 Å². The summed E-state index contributed by atoms with van der Waals surface area (Å²) in [4.78, 5) is 28.1. The average Bonchev–Trinajstić information content (AvgIpc) is 2.86. The molecular formula is C29H33NO5S. The number of carbonyl (C=O) groups is 2. The molecule has 0 amide bonds. The van der Waals surface area contributed by atoms with Gasteiger partial charge in [-0.15, -0.1) is 11.8 Å². The predicted octanol–water partition coefficient (Wildman–Crippen LogP) is 5.74. The highest BCUT2D eigenvalue weighted by atomic mass is 32.2. The van der Waals surface area contributed by atoms with Crippen molar-refractivity contribution in [3.05, 3.63) is 76.1 Å². The first-order valence-electron chi connectivity index (χ1n) is 12.1. The molecule has 1 heterocycles. The largest absolute Gasteiger partial charge is 0.493 e. The first kappa shape index (κ1) is 25.9. The minimum Gasteiger partial charge on any atom is -0.493 e. The molecule has 2 atom stereocenters. The maximum atomic E-state index is 13.8. The third-order valence-electron chi connectivity index (χ3n) is 6.72. The second-order valence-corrected chi connectivity index (χ2v) is 10.2. The van der Waals surface area contributed by atoms with Crippen LogP contribution in [0.25, 0.3) is 0 Å². The quantitative estimate of drug-likeness (QED) is 0.378. The summed E-state index contributed by atoms with van der Waals surface area (Å²) in [7, 11) is 3.21. The van der Waals surface area contributed by atoms with Crippen LogP contribution in [0.4, 0.5) is 0 Å². The molecule has 2 aromatic carbocycles. The summed E-state index contributed by atoms with van der Waals surface area (Å²) in [6, 6.07) is 13.9. The molecule has 7 heteroatoms. The second kappa shape index (κ2) is 10.8. The lowest BCUT2D eigenvalue weighted by Crippen LogP contribution is -2.36. The number of ether oxygens (including phenoxy) is 3. The van der Waals surface area contributed by atoms with Crippen LogP contribution in [0.5, 0.6) is 11.5 Å². The molecule has 2 aliphatic rings. The molecule has 4 rings (SSSR count). The number of esters is 1. The van der Waals surface area contributed by atoms with Gasteiger partial charge < -0.3 is 19.5 Å².